The second kappa shape index (κ2) is 4.65. The Balaban J connectivity index is 2.10. The van der Waals surface area contributed by atoms with Gasteiger partial charge in [-0.2, -0.15) is 5.10 Å². The molecule has 3 rings (SSSR count). The van der Waals surface area contributed by atoms with E-state index in [2.05, 4.69) is 15.4 Å². The van der Waals surface area contributed by atoms with Gasteiger partial charge in [0.25, 0.3) is 0 Å². The summed E-state index contributed by atoms with van der Waals surface area (Å²) in [6.45, 7) is 0. The fourth-order valence-corrected chi connectivity index (χ4v) is 2.03. The number of rotatable bonds is 3. The summed E-state index contributed by atoms with van der Waals surface area (Å²) in [4.78, 5) is 15.7. The van der Waals surface area contributed by atoms with Gasteiger partial charge in [-0.15, -0.1) is 0 Å². The zero-order chi connectivity index (χ0) is 14.1. The summed E-state index contributed by atoms with van der Waals surface area (Å²) in [5.41, 5.74) is 0.847. The standard InChI is InChI=1S/C14H12N4O2/c1-18-7-6-12(17-18)16-13-8-10(14(19)20)9-4-2-3-5-11(9)15-13/h2-8H,1H3,(H,19,20)(H,15,16,17). The van der Waals surface area contributed by atoms with Gasteiger partial charge in [-0.05, 0) is 12.1 Å². The smallest absolute Gasteiger partial charge is 0.336 e. The number of aromatic carboxylic acids is 1. The van der Waals surface area contributed by atoms with Gasteiger partial charge in [0.2, 0.25) is 0 Å². The van der Waals surface area contributed by atoms with Crippen LogP contribution in [0.3, 0.4) is 0 Å². The summed E-state index contributed by atoms with van der Waals surface area (Å²) in [6.07, 6.45) is 1.79. The van der Waals surface area contributed by atoms with Gasteiger partial charge >= 0.3 is 5.97 Å². The van der Waals surface area contributed by atoms with Crippen molar-refractivity contribution in [2.24, 2.45) is 7.05 Å². The maximum Gasteiger partial charge on any atom is 0.336 e. The number of benzene rings is 1. The molecule has 0 fully saturated rings. The first-order chi connectivity index (χ1) is 9.63. The number of pyridine rings is 1. The van der Waals surface area contributed by atoms with E-state index in [0.717, 1.165) is 0 Å². The Morgan fingerprint density at radius 2 is 2.05 bits per heavy atom. The van der Waals surface area contributed by atoms with Gasteiger partial charge < -0.3 is 10.4 Å². The molecule has 0 radical (unpaired) electrons. The van der Waals surface area contributed by atoms with Crippen LogP contribution in [0.2, 0.25) is 0 Å². The molecule has 0 spiro atoms. The monoisotopic (exact) mass is 268 g/mol. The Labute approximate surface area is 114 Å². The molecule has 0 amide bonds. The van der Waals surface area contributed by atoms with Crippen molar-refractivity contribution in [1.29, 1.82) is 0 Å². The minimum absolute atomic E-state index is 0.217. The van der Waals surface area contributed by atoms with E-state index in [1.165, 1.54) is 6.07 Å². The molecule has 0 aliphatic carbocycles. The van der Waals surface area contributed by atoms with Crippen molar-refractivity contribution in [3.05, 3.63) is 48.2 Å². The van der Waals surface area contributed by atoms with E-state index >= 15 is 0 Å². The highest BCUT2D eigenvalue weighted by Gasteiger charge is 2.12. The first-order valence-electron chi connectivity index (χ1n) is 6.03. The lowest BCUT2D eigenvalue weighted by Gasteiger charge is -2.07. The zero-order valence-corrected chi connectivity index (χ0v) is 10.7. The molecule has 6 nitrogen and oxygen atoms in total. The van der Waals surface area contributed by atoms with E-state index in [1.54, 1.807) is 35.1 Å². The third-order valence-electron chi connectivity index (χ3n) is 2.92. The average Bonchev–Trinajstić information content (AvgIpc) is 2.83. The van der Waals surface area contributed by atoms with Crippen LogP contribution >= 0.6 is 0 Å². The number of nitrogens with one attached hydrogen (secondary N) is 1. The lowest BCUT2D eigenvalue weighted by atomic mass is 10.1. The van der Waals surface area contributed by atoms with E-state index in [-0.39, 0.29) is 5.56 Å². The van der Waals surface area contributed by atoms with E-state index in [1.807, 2.05) is 13.1 Å². The summed E-state index contributed by atoms with van der Waals surface area (Å²) < 4.78 is 1.65. The average molecular weight is 268 g/mol. The Kier molecular flexibility index (Phi) is 2.83. The van der Waals surface area contributed by atoms with Crippen molar-refractivity contribution in [1.82, 2.24) is 14.8 Å². The van der Waals surface area contributed by atoms with Gasteiger partial charge in [-0.25, -0.2) is 9.78 Å². The molecule has 20 heavy (non-hydrogen) atoms. The van der Waals surface area contributed by atoms with Gasteiger partial charge in [0.15, 0.2) is 5.82 Å². The van der Waals surface area contributed by atoms with Crippen LogP contribution in [0.25, 0.3) is 10.9 Å². The highest BCUT2D eigenvalue weighted by Crippen LogP contribution is 2.22. The summed E-state index contributed by atoms with van der Waals surface area (Å²) in [6, 6.07) is 10.5. The Bertz CT molecular complexity index is 795. The summed E-state index contributed by atoms with van der Waals surface area (Å²) >= 11 is 0. The Hall–Kier alpha value is -2.89. The van der Waals surface area contributed by atoms with Crippen LogP contribution < -0.4 is 5.32 Å². The molecule has 2 heterocycles. The summed E-state index contributed by atoms with van der Waals surface area (Å²) in [5.74, 6) is 0.0964. The highest BCUT2D eigenvalue weighted by atomic mass is 16.4. The molecule has 0 bridgehead atoms. The fraction of sp³-hybridized carbons (Fsp3) is 0.0714. The van der Waals surface area contributed by atoms with Crippen molar-refractivity contribution in [2.75, 3.05) is 5.32 Å². The number of hydrogen-bond acceptors (Lipinski definition) is 4. The quantitative estimate of drug-likeness (QED) is 0.762. The summed E-state index contributed by atoms with van der Waals surface area (Å²) in [7, 11) is 1.81. The van der Waals surface area contributed by atoms with Crippen LogP contribution in [-0.2, 0) is 7.05 Å². The van der Waals surface area contributed by atoms with Crippen molar-refractivity contribution in [3.63, 3.8) is 0 Å². The molecule has 0 unspecified atom stereocenters. The minimum atomic E-state index is -0.979. The molecule has 0 atom stereocenters. The van der Waals surface area contributed by atoms with Crippen LogP contribution in [0.4, 0.5) is 11.6 Å². The molecule has 0 saturated carbocycles. The van der Waals surface area contributed by atoms with Crippen molar-refractivity contribution < 1.29 is 9.90 Å². The lowest BCUT2D eigenvalue weighted by molar-refractivity contribution is 0.0699. The predicted molar refractivity (Wildman–Crippen MR) is 75.2 cm³/mol. The first-order valence-corrected chi connectivity index (χ1v) is 6.03. The van der Waals surface area contributed by atoms with E-state index < -0.39 is 5.97 Å². The molecule has 0 aliphatic heterocycles. The van der Waals surface area contributed by atoms with Crippen LogP contribution in [-0.4, -0.2) is 25.8 Å². The molecule has 0 saturated heterocycles. The number of hydrogen-bond donors (Lipinski definition) is 2. The van der Waals surface area contributed by atoms with Gasteiger partial charge in [0.1, 0.15) is 5.82 Å². The van der Waals surface area contributed by atoms with Crippen molar-refractivity contribution in [2.45, 2.75) is 0 Å². The van der Waals surface area contributed by atoms with E-state index in [9.17, 15) is 9.90 Å². The lowest BCUT2D eigenvalue weighted by Crippen LogP contribution is -2.02. The number of carboxylic acid groups (broad SMARTS) is 1. The summed E-state index contributed by atoms with van der Waals surface area (Å²) in [5, 5.41) is 17.1. The van der Waals surface area contributed by atoms with Gasteiger partial charge in [0.05, 0.1) is 11.1 Å². The second-order valence-electron chi connectivity index (χ2n) is 4.38. The number of aromatic nitrogens is 3. The first kappa shape index (κ1) is 12.2. The maximum absolute atomic E-state index is 11.3. The number of fused-ring (bicyclic) bond motifs is 1. The molecule has 6 heteroatoms. The molecule has 0 aliphatic rings. The number of anilines is 2. The molecule has 2 N–H and O–H groups in total. The number of para-hydroxylation sites is 1. The molecular weight excluding hydrogens is 256 g/mol. The Morgan fingerprint density at radius 1 is 1.25 bits per heavy atom. The molecular formula is C14H12N4O2. The maximum atomic E-state index is 11.3. The molecule has 1 aromatic carbocycles. The molecule has 3 aromatic rings. The Morgan fingerprint density at radius 3 is 2.75 bits per heavy atom. The fourth-order valence-electron chi connectivity index (χ4n) is 2.03. The number of aryl methyl sites for hydroxylation is 1. The van der Waals surface area contributed by atoms with Crippen molar-refractivity contribution >= 4 is 28.5 Å². The van der Waals surface area contributed by atoms with Crippen LogP contribution in [0.15, 0.2) is 42.6 Å². The van der Waals surface area contributed by atoms with Gasteiger partial charge in [-0.3, -0.25) is 4.68 Å². The zero-order valence-electron chi connectivity index (χ0n) is 10.7. The molecule has 2 aromatic heterocycles. The number of nitrogens with zero attached hydrogens (tertiary/aromatic N) is 3. The van der Waals surface area contributed by atoms with Crippen LogP contribution in [0.5, 0.6) is 0 Å². The van der Waals surface area contributed by atoms with E-state index in [4.69, 9.17) is 0 Å². The van der Waals surface area contributed by atoms with Crippen LogP contribution in [0, 0.1) is 0 Å². The predicted octanol–water partition coefficient (Wildman–Crippen LogP) is 2.41. The topological polar surface area (TPSA) is 80.0 Å². The molecule has 100 valence electrons. The van der Waals surface area contributed by atoms with Gasteiger partial charge in [0, 0.05) is 24.7 Å². The minimum Gasteiger partial charge on any atom is -0.478 e. The number of carboxylic acids is 1. The third-order valence-corrected chi connectivity index (χ3v) is 2.92. The van der Waals surface area contributed by atoms with Gasteiger partial charge in [-0.1, -0.05) is 18.2 Å². The van der Waals surface area contributed by atoms with E-state index in [0.29, 0.717) is 22.5 Å². The third kappa shape index (κ3) is 2.18. The van der Waals surface area contributed by atoms with Crippen molar-refractivity contribution in [3.8, 4) is 0 Å². The SMILES string of the molecule is Cn1ccc(Nc2cc(C(=O)O)c3ccccc3n2)n1. The second-order valence-corrected chi connectivity index (χ2v) is 4.38. The van der Waals surface area contributed by atoms with Crippen LogP contribution in [0.1, 0.15) is 10.4 Å². The normalized spacial score (nSPS) is 10.7. The largest absolute Gasteiger partial charge is 0.478 e. The highest BCUT2D eigenvalue weighted by molar-refractivity contribution is 6.03. The number of carbonyl (C=O) groups is 1.